The minimum absolute atomic E-state index is 0.455. The molecule has 2 aromatic rings. The van der Waals surface area contributed by atoms with Crippen LogP contribution in [0.2, 0.25) is 0 Å². The van der Waals surface area contributed by atoms with E-state index in [0.717, 1.165) is 37.4 Å². The van der Waals surface area contributed by atoms with Gasteiger partial charge in [0.15, 0.2) is 11.5 Å². The fourth-order valence-corrected chi connectivity index (χ4v) is 4.31. The van der Waals surface area contributed by atoms with Crippen LogP contribution in [0.4, 0.5) is 0 Å². The van der Waals surface area contributed by atoms with Crippen molar-refractivity contribution in [2.24, 2.45) is 0 Å². The van der Waals surface area contributed by atoms with Gasteiger partial charge in [-0.2, -0.15) is 0 Å². The molecule has 122 valence electrons. The Morgan fingerprint density at radius 2 is 2.09 bits per heavy atom. The summed E-state index contributed by atoms with van der Waals surface area (Å²) in [7, 11) is 3.46. The summed E-state index contributed by atoms with van der Waals surface area (Å²) in [5.74, 6) is 1.72. The lowest BCUT2D eigenvalue weighted by atomic mass is 9.78. The molecule has 0 saturated carbocycles. The Bertz CT molecular complexity index is 735. The zero-order chi connectivity index (χ0) is 16.0. The van der Waals surface area contributed by atoms with Gasteiger partial charge in [-0.15, -0.1) is 0 Å². The van der Waals surface area contributed by atoms with E-state index in [1.54, 1.807) is 14.2 Å². The van der Waals surface area contributed by atoms with Crippen LogP contribution in [-0.4, -0.2) is 37.2 Å². The van der Waals surface area contributed by atoms with E-state index in [-0.39, 0.29) is 0 Å². The molecule has 0 amide bonds. The molecule has 23 heavy (non-hydrogen) atoms. The number of hydrogen-bond acceptors (Lipinski definition) is 3. The van der Waals surface area contributed by atoms with Gasteiger partial charge in [0.2, 0.25) is 0 Å². The van der Waals surface area contributed by atoms with E-state index in [1.807, 2.05) is 0 Å². The predicted octanol–water partition coefficient (Wildman–Crippen LogP) is 3.56. The minimum atomic E-state index is 0.455. The fourth-order valence-electron chi connectivity index (χ4n) is 4.31. The molecule has 1 atom stereocenters. The SMILES string of the molecule is CCCN1CCc2cc(OC)c(OC)c3c2C1Cc1c[nH]cc1-3. The Labute approximate surface area is 137 Å². The molecular formula is C19H24N2O2. The Morgan fingerprint density at radius 3 is 2.83 bits per heavy atom. The second-order valence-corrected chi connectivity index (χ2v) is 6.46. The molecule has 0 bridgehead atoms. The summed E-state index contributed by atoms with van der Waals surface area (Å²) >= 11 is 0. The number of benzene rings is 1. The van der Waals surface area contributed by atoms with Crippen molar-refractivity contribution < 1.29 is 9.47 Å². The summed E-state index contributed by atoms with van der Waals surface area (Å²) in [4.78, 5) is 5.92. The maximum absolute atomic E-state index is 5.77. The van der Waals surface area contributed by atoms with Crippen molar-refractivity contribution in [3.63, 3.8) is 0 Å². The molecule has 4 nitrogen and oxygen atoms in total. The number of ether oxygens (including phenoxy) is 2. The van der Waals surface area contributed by atoms with E-state index < -0.39 is 0 Å². The van der Waals surface area contributed by atoms with Gasteiger partial charge >= 0.3 is 0 Å². The summed E-state index contributed by atoms with van der Waals surface area (Å²) in [5.41, 5.74) is 6.75. The van der Waals surface area contributed by atoms with Gasteiger partial charge in [0.1, 0.15) is 0 Å². The molecule has 1 N–H and O–H groups in total. The molecule has 0 saturated heterocycles. The highest BCUT2D eigenvalue weighted by atomic mass is 16.5. The average molecular weight is 312 g/mol. The van der Waals surface area contributed by atoms with E-state index in [2.05, 4.69) is 35.3 Å². The summed E-state index contributed by atoms with van der Waals surface area (Å²) in [6.07, 6.45) is 7.58. The molecule has 4 rings (SSSR count). The van der Waals surface area contributed by atoms with Gasteiger partial charge in [0.25, 0.3) is 0 Å². The molecule has 1 aromatic heterocycles. The molecule has 1 unspecified atom stereocenters. The monoisotopic (exact) mass is 312 g/mol. The van der Waals surface area contributed by atoms with Crippen molar-refractivity contribution in [1.82, 2.24) is 9.88 Å². The number of nitrogens with one attached hydrogen (secondary N) is 1. The fraction of sp³-hybridized carbons (Fsp3) is 0.474. The topological polar surface area (TPSA) is 37.5 Å². The Morgan fingerprint density at radius 1 is 1.22 bits per heavy atom. The van der Waals surface area contributed by atoms with Crippen LogP contribution >= 0.6 is 0 Å². The normalized spacial score (nSPS) is 19.2. The molecule has 2 heterocycles. The van der Waals surface area contributed by atoms with Crippen molar-refractivity contribution in [3.8, 4) is 22.6 Å². The quantitative estimate of drug-likeness (QED) is 0.938. The van der Waals surface area contributed by atoms with Gasteiger partial charge in [0, 0.05) is 36.1 Å². The first-order chi connectivity index (χ1) is 11.3. The van der Waals surface area contributed by atoms with Gasteiger partial charge in [-0.3, -0.25) is 4.90 Å². The molecule has 0 radical (unpaired) electrons. The lowest BCUT2D eigenvalue weighted by molar-refractivity contribution is 0.182. The maximum atomic E-state index is 5.77. The first-order valence-electron chi connectivity index (χ1n) is 8.46. The third kappa shape index (κ3) is 2.08. The first-order valence-corrected chi connectivity index (χ1v) is 8.46. The molecular weight excluding hydrogens is 288 g/mol. The van der Waals surface area contributed by atoms with Crippen LogP contribution in [-0.2, 0) is 12.8 Å². The minimum Gasteiger partial charge on any atom is -0.493 e. The van der Waals surface area contributed by atoms with Crippen LogP contribution in [0.3, 0.4) is 0 Å². The number of hydrogen-bond donors (Lipinski definition) is 1. The summed E-state index contributed by atoms with van der Waals surface area (Å²) in [6, 6.07) is 2.64. The number of H-pyrrole nitrogens is 1. The summed E-state index contributed by atoms with van der Waals surface area (Å²) in [5, 5.41) is 0. The molecule has 0 fully saturated rings. The molecule has 1 aromatic carbocycles. The van der Waals surface area contributed by atoms with Crippen molar-refractivity contribution in [2.45, 2.75) is 32.2 Å². The molecule has 2 aliphatic rings. The van der Waals surface area contributed by atoms with Crippen LogP contribution in [0, 0.1) is 0 Å². The molecule has 1 aliphatic carbocycles. The van der Waals surface area contributed by atoms with Crippen LogP contribution < -0.4 is 9.47 Å². The average Bonchev–Trinajstić information content (AvgIpc) is 3.05. The lowest BCUT2D eigenvalue weighted by Gasteiger charge is -2.41. The number of nitrogens with zero attached hydrogens (tertiary/aromatic N) is 1. The summed E-state index contributed by atoms with van der Waals surface area (Å²) in [6.45, 7) is 4.54. The molecule has 0 spiro atoms. The number of fused-ring (bicyclic) bond motifs is 2. The number of aromatic nitrogens is 1. The second-order valence-electron chi connectivity index (χ2n) is 6.46. The lowest BCUT2D eigenvalue weighted by Crippen LogP contribution is -2.38. The van der Waals surface area contributed by atoms with E-state index >= 15 is 0 Å². The van der Waals surface area contributed by atoms with Crippen LogP contribution in [0.25, 0.3) is 11.1 Å². The van der Waals surface area contributed by atoms with Gasteiger partial charge in [0.05, 0.1) is 14.2 Å². The molecule has 1 aliphatic heterocycles. The second kappa shape index (κ2) is 5.60. The Hall–Kier alpha value is -1.94. The van der Waals surface area contributed by atoms with E-state index in [9.17, 15) is 0 Å². The Balaban J connectivity index is 1.98. The van der Waals surface area contributed by atoms with Crippen LogP contribution in [0.15, 0.2) is 18.5 Å². The predicted molar refractivity (Wildman–Crippen MR) is 91.3 cm³/mol. The highest BCUT2D eigenvalue weighted by molar-refractivity contribution is 5.83. The van der Waals surface area contributed by atoms with Gasteiger partial charge in [-0.25, -0.2) is 0 Å². The molecule has 4 heteroatoms. The smallest absolute Gasteiger partial charge is 0.168 e. The van der Waals surface area contributed by atoms with Gasteiger partial charge in [-0.05, 0) is 48.6 Å². The number of aromatic amines is 1. The van der Waals surface area contributed by atoms with Crippen molar-refractivity contribution >= 4 is 0 Å². The van der Waals surface area contributed by atoms with Crippen LogP contribution in [0.1, 0.15) is 36.1 Å². The number of rotatable bonds is 4. The van der Waals surface area contributed by atoms with Crippen molar-refractivity contribution in [1.29, 1.82) is 0 Å². The third-order valence-electron chi connectivity index (χ3n) is 5.26. The number of methoxy groups -OCH3 is 2. The highest BCUT2D eigenvalue weighted by Gasteiger charge is 2.37. The largest absolute Gasteiger partial charge is 0.493 e. The van der Waals surface area contributed by atoms with Gasteiger partial charge < -0.3 is 14.5 Å². The Kier molecular flexibility index (Phi) is 3.57. The highest BCUT2D eigenvalue weighted by Crippen LogP contribution is 2.52. The zero-order valence-electron chi connectivity index (χ0n) is 14.1. The third-order valence-corrected chi connectivity index (χ3v) is 5.26. The summed E-state index contributed by atoms with van der Waals surface area (Å²) < 4.78 is 11.4. The van der Waals surface area contributed by atoms with E-state index in [4.69, 9.17) is 9.47 Å². The standard InChI is InChI=1S/C19H24N2O2/c1-4-6-21-7-5-12-9-16(22-2)19(23-3)18-14-11-20-10-13(14)8-15(21)17(12)18/h9-11,15,20H,4-8H2,1-3H3. The van der Waals surface area contributed by atoms with Crippen molar-refractivity contribution in [2.75, 3.05) is 27.3 Å². The van der Waals surface area contributed by atoms with E-state index in [0.29, 0.717) is 6.04 Å². The first kappa shape index (κ1) is 14.6. The van der Waals surface area contributed by atoms with E-state index in [1.165, 1.54) is 34.2 Å². The van der Waals surface area contributed by atoms with Crippen LogP contribution in [0.5, 0.6) is 11.5 Å². The van der Waals surface area contributed by atoms with Crippen molar-refractivity contribution in [3.05, 3.63) is 35.2 Å². The van der Waals surface area contributed by atoms with Gasteiger partial charge in [-0.1, -0.05) is 6.92 Å². The maximum Gasteiger partial charge on any atom is 0.168 e. The zero-order valence-corrected chi connectivity index (χ0v) is 14.1.